The van der Waals surface area contributed by atoms with Crippen LogP contribution in [-0.4, -0.2) is 14.2 Å². The SMILES string of the molecule is NC(c1ccccc1)C(NS(=O)(=O)CCC1CCCCCCC1)c1ccccc1. The molecule has 1 aliphatic carbocycles. The van der Waals surface area contributed by atoms with Crippen molar-refractivity contribution >= 4 is 10.0 Å². The van der Waals surface area contributed by atoms with Crippen LogP contribution in [0, 0.1) is 5.92 Å². The maximum Gasteiger partial charge on any atom is 0.212 e. The molecule has 29 heavy (non-hydrogen) atoms. The molecular formula is C24H34N2O2S. The first-order valence-electron chi connectivity index (χ1n) is 10.9. The third kappa shape index (κ3) is 6.95. The Morgan fingerprint density at radius 1 is 0.828 bits per heavy atom. The van der Waals surface area contributed by atoms with Crippen molar-refractivity contribution in [2.75, 3.05) is 5.75 Å². The van der Waals surface area contributed by atoms with E-state index in [1.54, 1.807) is 0 Å². The summed E-state index contributed by atoms with van der Waals surface area (Å²) in [6.45, 7) is 0. The Bertz CT molecular complexity index is 816. The maximum atomic E-state index is 13.0. The molecule has 158 valence electrons. The highest BCUT2D eigenvalue weighted by Gasteiger charge is 2.27. The summed E-state index contributed by atoms with van der Waals surface area (Å²) in [5.74, 6) is 0.688. The van der Waals surface area contributed by atoms with E-state index in [2.05, 4.69) is 4.72 Å². The second-order valence-corrected chi connectivity index (χ2v) is 10.1. The van der Waals surface area contributed by atoms with Crippen LogP contribution >= 0.6 is 0 Å². The molecule has 0 saturated heterocycles. The van der Waals surface area contributed by atoms with Gasteiger partial charge in [0.2, 0.25) is 10.0 Å². The molecule has 2 atom stereocenters. The molecule has 1 saturated carbocycles. The molecular weight excluding hydrogens is 380 g/mol. The smallest absolute Gasteiger partial charge is 0.212 e. The van der Waals surface area contributed by atoms with Gasteiger partial charge in [0, 0.05) is 0 Å². The molecule has 5 heteroatoms. The summed E-state index contributed by atoms with van der Waals surface area (Å²) in [7, 11) is -3.43. The molecule has 1 fully saturated rings. The number of nitrogens with one attached hydrogen (secondary N) is 1. The first-order valence-corrected chi connectivity index (χ1v) is 12.6. The van der Waals surface area contributed by atoms with E-state index in [4.69, 9.17) is 5.73 Å². The molecule has 0 spiro atoms. The van der Waals surface area contributed by atoms with Crippen molar-refractivity contribution in [2.24, 2.45) is 11.7 Å². The van der Waals surface area contributed by atoms with Gasteiger partial charge in [-0.1, -0.05) is 106 Å². The van der Waals surface area contributed by atoms with Crippen LogP contribution in [-0.2, 0) is 10.0 Å². The van der Waals surface area contributed by atoms with Gasteiger partial charge < -0.3 is 5.73 Å². The minimum Gasteiger partial charge on any atom is -0.322 e. The quantitative estimate of drug-likeness (QED) is 0.631. The fourth-order valence-corrected chi connectivity index (χ4v) is 5.71. The van der Waals surface area contributed by atoms with Gasteiger partial charge in [-0.3, -0.25) is 0 Å². The standard InChI is InChI=1S/C24H34N2O2S/c25-23(21-14-8-4-9-15-21)24(22-16-10-5-11-17-22)26-29(27,28)19-18-20-12-6-2-1-3-7-13-20/h4-5,8-11,14-17,20,23-24,26H,1-3,6-7,12-13,18-19,25H2. The Hall–Kier alpha value is -1.69. The normalized spacial score (nSPS) is 18.5. The number of hydrogen-bond donors (Lipinski definition) is 2. The second kappa shape index (κ2) is 10.9. The molecule has 3 N–H and O–H groups in total. The topological polar surface area (TPSA) is 72.2 Å². The van der Waals surface area contributed by atoms with E-state index in [-0.39, 0.29) is 5.75 Å². The van der Waals surface area contributed by atoms with Crippen molar-refractivity contribution in [3.8, 4) is 0 Å². The minimum absolute atomic E-state index is 0.169. The third-order valence-electron chi connectivity index (χ3n) is 6.03. The van der Waals surface area contributed by atoms with Crippen molar-refractivity contribution in [2.45, 2.75) is 63.5 Å². The molecule has 1 aliphatic rings. The minimum atomic E-state index is -3.43. The van der Waals surface area contributed by atoms with E-state index in [9.17, 15) is 8.42 Å². The van der Waals surface area contributed by atoms with Gasteiger partial charge in [-0.15, -0.1) is 0 Å². The fraction of sp³-hybridized carbons (Fsp3) is 0.500. The number of sulfonamides is 1. The zero-order valence-electron chi connectivity index (χ0n) is 17.2. The third-order valence-corrected chi connectivity index (χ3v) is 7.41. The molecule has 2 aromatic carbocycles. The molecule has 4 nitrogen and oxygen atoms in total. The van der Waals surface area contributed by atoms with Crippen molar-refractivity contribution in [1.82, 2.24) is 4.72 Å². The van der Waals surface area contributed by atoms with Crippen LogP contribution in [0.15, 0.2) is 60.7 Å². The molecule has 2 aromatic rings. The molecule has 3 rings (SSSR count). The van der Waals surface area contributed by atoms with Crippen molar-refractivity contribution in [1.29, 1.82) is 0 Å². The van der Waals surface area contributed by atoms with Gasteiger partial charge in [0.05, 0.1) is 17.8 Å². The van der Waals surface area contributed by atoms with Crippen molar-refractivity contribution in [3.05, 3.63) is 71.8 Å². The van der Waals surface area contributed by atoms with Crippen LogP contribution in [0.5, 0.6) is 0 Å². The average Bonchev–Trinajstić information content (AvgIpc) is 2.72. The van der Waals surface area contributed by atoms with E-state index < -0.39 is 22.1 Å². The van der Waals surface area contributed by atoms with Gasteiger partial charge in [0.1, 0.15) is 0 Å². The Labute approximate surface area is 176 Å². The lowest BCUT2D eigenvalue weighted by Crippen LogP contribution is -2.37. The van der Waals surface area contributed by atoms with E-state index >= 15 is 0 Å². The Kier molecular flexibility index (Phi) is 8.28. The Morgan fingerprint density at radius 2 is 1.34 bits per heavy atom. The number of benzene rings is 2. The predicted molar refractivity (Wildman–Crippen MR) is 120 cm³/mol. The zero-order chi connectivity index (χ0) is 20.5. The Morgan fingerprint density at radius 3 is 1.93 bits per heavy atom. The van der Waals surface area contributed by atoms with Gasteiger partial charge in [-0.05, 0) is 23.5 Å². The van der Waals surface area contributed by atoms with Crippen LogP contribution in [0.3, 0.4) is 0 Å². The number of rotatable bonds is 8. The first kappa shape index (κ1) is 22.0. The monoisotopic (exact) mass is 414 g/mol. The van der Waals surface area contributed by atoms with Crippen LogP contribution in [0.25, 0.3) is 0 Å². The van der Waals surface area contributed by atoms with Gasteiger partial charge in [-0.25, -0.2) is 13.1 Å². The molecule has 0 radical (unpaired) electrons. The van der Waals surface area contributed by atoms with E-state index in [0.29, 0.717) is 5.92 Å². The highest BCUT2D eigenvalue weighted by Crippen LogP contribution is 2.29. The lowest BCUT2D eigenvalue weighted by atomic mass is 9.89. The molecule has 0 amide bonds. The first-order chi connectivity index (χ1) is 14.1. The molecule has 0 aliphatic heterocycles. The largest absolute Gasteiger partial charge is 0.322 e. The van der Waals surface area contributed by atoms with Gasteiger partial charge in [0.25, 0.3) is 0 Å². The van der Waals surface area contributed by atoms with Crippen LogP contribution in [0.4, 0.5) is 0 Å². The summed E-state index contributed by atoms with van der Waals surface area (Å²) < 4.78 is 28.9. The van der Waals surface area contributed by atoms with E-state index in [0.717, 1.165) is 30.4 Å². The summed E-state index contributed by atoms with van der Waals surface area (Å²) in [6, 6.07) is 18.4. The summed E-state index contributed by atoms with van der Waals surface area (Å²) in [5, 5.41) is 0. The van der Waals surface area contributed by atoms with Crippen molar-refractivity contribution < 1.29 is 8.42 Å². The van der Waals surface area contributed by atoms with Crippen LogP contribution in [0.1, 0.15) is 74.6 Å². The molecule has 2 unspecified atom stereocenters. The lowest BCUT2D eigenvalue weighted by molar-refractivity contribution is 0.368. The zero-order valence-corrected chi connectivity index (χ0v) is 18.0. The van der Waals surface area contributed by atoms with E-state index in [1.165, 1.54) is 32.1 Å². The summed E-state index contributed by atoms with van der Waals surface area (Å²) >= 11 is 0. The molecule has 0 bridgehead atoms. The molecule has 0 heterocycles. The Balaban J connectivity index is 1.70. The van der Waals surface area contributed by atoms with Crippen molar-refractivity contribution in [3.63, 3.8) is 0 Å². The molecule has 0 aromatic heterocycles. The summed E-state index contributed by atoms with van der Waals surface area (Å²) in [6.07, 6.45) is 9.38. The van der Waals surface area contributed by atoms with Gasteiger partial charge in [-0.2, -0.15) is 0 Å². The van der Waals surface area contributed by atoms with Gasteiger partial charge >= 0.3 is 0 Å². The van der Waals surface area contributed by atoms with Gasteiger partial charge in [0.15, 0.2) is 0 Å². The van der Waals surface area contributed by atoms with Crippen LogP contribution in [0.2, 0.25) is 0 Å². The fourth-order valence-electron chi connectivity index (χ4n) is 4.28. The number of nitrogens with two attached hydrogens (primary N) is 1. The highest BCUT2D eigenvalue weighted by atomic mass is 32.2. The maximum absolute atomic E-state index is 13.0. The predicted octanol–water partition coefficient (Wildman–Crippen LogP) is 5.10. The average molecular weight is 415 g/mol. The van der Waals surface area contributed by atoms with E-state index in [1.807, 2.05) is 60.7 Å². The second-order valence-electron chi connectivity index (χ2n) is 8.26. The summed E-state index contributed by atoms with van der Waals surface area (Å²) in [4.78, 5) is 0. The number of hydrogen-bond acceptors (Lipinski definition) is 3. The van der Waals surface area contributed by atoms with Crippen LogP contribution < -0.4 is 10.5 Å². The highest BCUT2D eigenvalue weighted by molar-refractivity contribution is 7.89. The summed E-state index contributed by atoms with van der Waals surface area (Å²) in [5.41, 5.74) is 8.34. The lowest BCUT2D eigenvalue weighted by Gasteiger charge is -2.26.